The number of nitrogens with zero attached hydrogens (tertiary/aromatic N) is 1. The lowest BCUT2D eigenvalue weighted by atomic mass is 10.0. The second kappa shape index (κ2) is 9.76. The van der Waals surface area contributed by atoms with Gasteiger partial charge in [0.2, 0.25) is 0 Å². The molecular weight excluding hydrogens is 383 g/mol. The van der Waals surface area contributed by atoms with Gasteiger partial charge in [-0.15, -0.1) is 0 Å². The SMILES string of the molecule is Oc1c(C(CCCCOc2ccc(F)cc2)=NC2CCNCC2)oc2ccccc12. The average Bonchev–Trinajstić information content (AvgIpc) is 3.11. The molecule has 0 saturated carbocycles. The zero-order chi connectivity index (χ0) is 20.8. The number of nitrogens with one attached hydrogen (secondary N) is 1. The number of para-hydroxylation sites is 1. The van der Waals surface area contributed by atoms with Crippen molar-refractivity contribution in [2.75, 3.05) is 19.7 Å². The van der Waals surface area contributed by atoms with Gasteiger partial charge < -0.3 is 19.6 Å². The van der Waals surface area contributed by atoms with Gasteiger partial charge in [0.15, 0.2) is 11.5 Å². The van der Waals surface area contributed by atoms with Crippen LogP contribution in [-0.2, 0) is 0 Å². The number of fused-ring (bicyclic) bond motifs is 1. The Morgan fingerprint density at radius 1 is 1.10 bits per heavy atom. The van der Waals surface area contributed by atoms with E-state index in [4.69, 9.17) is 14.1 Å². The second-order valence-electron chi connectivity index (χ2n) is 7.59. The van der Waals surface area contributed by atoms with Crippen molar-refractivity contribution in [3.05, 3.63) is 60.1 Å². The molecule has 1 aliphatic heterocycles. The first kappa shape index (κ1) is 20.4. The van der Waals surface area contributed by atoms with E-state index in [0.29, 0.717) is 35.5 Å². The number of rotatable bonds is 8. The molecule has 2 aromatic carbocycles. The zero-order valence-corrected chi connectivity index (χ0v) is 16.9. The molecule has 0 spiro atoms. The molecule has 1 saturated heterocycles. The van der Waals surface area contributed by atoms with Crippen molar-refractivity contribution in [3.63, 3.8) is 0 Å². The van der Waals surface area contributed by atoms with E-state index in [0.717, 1.165) is 44.5 Å². The molecular formula is C24H27FN2O3. The van der Waals surface area contributed by atoms with Gasteiger partial charge in [-0.2, -0.15) is 0 Å². The van der Waals surface area contributed by atoms with Crippen LogP contribution in [0.2, 0.25) is 0 Å². The predicted molar refractivity (Wildman–Crippen MR) is 116 cm³/mol. The number of piperidine rings is 1. The standard InChI is InChI=1S/C24H27FN2O3/c25-17-8-10-19(11-9-17)29-16-4-3-6-21(27-18-12-14-26-15-13-18)24-23(28)20-5-1-2-7-22(20)30-24/h1-2,5,7-11,18,26,28H,3-4,6,12-16H2. The maximum absolute atomic E-state index is 13.0. The Balaban J connectivity index is 1.43. The molecule has 5 nitrogen and oxygen atoms in total. The number of benzene rings is 2. The Labute approximate surface area is 175 Å². The molecule has 1 aliphatic rings. The van der Waals surface area contributed by atoms with E-state index in [1.165, 1.54) is 12.1 Å². The molecule has 1 aromatic heterocycles. The third-order valence-electron chi connectivity index (χ3n) is 5.37. The first-order valence-electron chi connectivity index (χ1n) is 10.6. The topological polar surface area (TPSA) is 67.0 Å². The minimum absolute atomic E-state index is 0.167. The van der Waals surface area contributed by atoms with Crippen molar-refractivity contribution in [1.82, 2.24) is 5.32 Å². The molecule has 0 atom stereocenters. The second-order valence-corrected chi connectivity index (χ2v) is 7.59. The summed E-state index contributed by atoms with van der Waals surface area (Å²) in [7, 11) is 0. The Bertz CT molecular complexity index is 991. The van der Waals surface area contributed by atoms with E-state index in [9.17, 15) is 9.50 Å². The first-order chi connectivity index (χ1) is 14.7. The summed E-state index contributed by atoms with van der Waals surface area (Å²) in [5.41, 5.74) is 1.49. The third kappa shape index (κ3) is 5.00. The van der Waals surface area contributed by atoms with Crippen LogP contribution in [0.25, 0.3) is 11.0 Å². The van der Waals surface area contributed by atoms with Crippen LogP contribution in [0.5, 0.6) is 11.5 Å². The molecule has 0 aliphatic carbocycles. The number of halogens is 1. The van der Waals surface area contributed by atoms with Crippen LogP contribution < -0.4 is 10.1 Å². The minimum atomic E-state index is -0.272. The maximum Gasteiger partial charge on any atom is 0.190 e. The molecule has 158 valence electrons. The van der Waals surface area contributed by atoms with Crippen LogP contribution in [-0.4, -0.2) is 36.6 Å². The number of aromatic hydroxyl groups is 1. The fourth-order valence-electron chi connectivity index (χ4n) is 3.74. The van der Waals surface area contributed by atoms with Gasteiger partial charge in [-0.1, -0.05) is 12.1 Å². The van der Waals surface area contributed by atoms with Gasteiger partial charge in [0.1, 0.15) is 17.1 Å². The highest BCUT2D eigenvalue weighted by Gasteiger charge is 2.20. The van der Waals surface area contributed by atoms with Gasteiger partial charge in [-0.3, -0.25) is 4.99 Å². The Kier molecular flexibility index (Phi) is 6.64. The summed E-state index contributed by atoms with van der Waals surface area (Å²) in [5.74, 6) is 1.04. The highest BCUT2D eigenvalue weighted by atomic mass is 19.1. The van der Waals surface area contributed by atoms with E-state index in [1.54, 1.807) is 12.1 Å². The largest absolute Gasteiger partial charge is 0.504 e. The molecule has 0 bridgehead atoms. The van der Waals surface area contributed by atoms with Crippen molar-refractivity contribution in [1.29, 1.82) is 0 Å². The van der Waals surface area contributed by atoms with Crippen molar-refractivity contribution in [2.24, 2.45) is 4.99 Å². The maximum atomic E-state index is 13.0. The molecule has 0 unspecified atom stereocenters. The molecule has 6 heteroatoms. The van der Waals surface area contributed by atoms with Crippen LogP contribution in [0, 0.1) is 5.82 Å². The van der Waals surface area contributed by atoms with E-state index in [-0.39, 0.29) is 17.6 Å². The smallest absolute Gasteiger partial charge is 0.190 e. The third-order valence-corrected chi connectivity index (χ3v) is 5.37. The van der Waals surface area contributed by atoms with Gasteiger partial charge >= 0.3 is 0 Å². The summed E-state index contributed by atoms with van der Waals surface area (Å²) < 4.78 is 24.6. The van der Waals surface area contributed by atoms with Crippen molar-refractivity contribution in [3.8, 4) is 11.5 Å². The van der Waals surface area contributed by atoms with E-state index in [2.05, 4.69) is 5.32 Å². The van der Waals surface area contributed by atoms with Crippen LogP contribution in [0.1, 0.15) is 37.9 Å². The van der Waals surface area contributed by atoms with E-state index >= 15 is 0 Å². The summed E-state index contributed by atoms with van der Waals surface area (Å²) in [6.07, 6.45) is 4.34. The predicted octanol–water partition coefficient (Wildman–Crippen LogP) is 5.07. The fourth-order valence-corrected chi connectivity index (χ4v) is 3.74. The molecule has 0 amide bonds. The van der Waals surface area contributed by atoms with Crippen LogP contribution in [0.15, 0.2) is 57.9 Å². The highest BCUT2D eigenvalue weighted by molar-refractivity contribution is 6.05. The summed E-state index contributed by atoms with van der Waals surface area (Å²) in [6.45, 7) is 2.45. The van der Waals surface area contributed by atoms with Crippen LogP contribution >= 0.6 is 0 Å². The first-order valence-corrected chi connectivity index (χ1v) is 10.6. The number of aliphatic imine (C=N–C) groups is 1. The quantitative estimate of drug-likeness (QED) is 0.402. The van der Waals surface area contributed by atoms with Crippen molar-refractivity contribution < 1.29 is 18.7 Å². The lowest BCUT2D eigenvalue weighted by Gasteiger charge is -2.20. The minimum Gasteiger partial charge on any atom is -0.504 e. The highest BCUT2D eigenvalue weighted by Crippen LogP contribution is 2.33. The van der Waals surface area contributed by atoms with E-state index in [1.807, 2.05) is 24.3 Å². The summed E-state index contributed by atoms with van der Waals surface area (Å²) in [4.78, 5) is 4.97. The lowest BCUT2D eigenvalue weighted by molar-refractivity contribution is 0.307. The number of unbranched alkanes of at least 4 members (excludes halogenated alkanes) is 1. The average molecular weight is 410 g/mol. The number of hydrogen-bond acceptors (Lipinski definition) is 5. The Morgan fingerprint density at radius 2 is 1.87 bits per heavy atom. The number of furan rings is 1. The van der Waals surface area contributed by atoms with Gasteiger partial charge in [0.25, 0.3) is 0 Å². The molecule has 30 heavy (non-hydrogen) atoms. The number of ether oxygens (including phenoxy) is 1. The Morgan fingerprint density at radius 3 is 2.63 bits per heavy atom. The summed E-state index contributed by atoms with van der Waals surface area (Å²) >= 11 is 0. The van der Waals surface area contributed by atoms with Gasteiger partial charge in [0, 0.05) is 0 Å². The monoisotopic (exact) mass is 410 g/mol. The fraction of sp³-hybridized carbons (Fsp3) is 0.375. The Hall–Kier alpha value is -2.86. The van der Waals surface area contributed by atoms with Crippen LogP contribution in [0.3, 0.4) is 0 Å². The van der Waals surface area contributed by atoms with Crippen molar-refractivity contribution >= 4 is 16.7 Å². The lowest BCUT2D eigenvalue weighted by Crippen LogP contribution is -2.30. The molecule has 2 heterocycles. The summed E-state index contributed by atoms with van der Waals surface area (Å²) in [5, 5.41) is 14.8. The molecule has 0 radical (unpaired) electrons. The van der Waals surface area contributed by atoms with E-state index < -0.39 is 0 Å². The zero-order valence-electron chi connectivity index (χ0n) is 16.9. The summed E-state index contributed by atoms with van der Waals surface area (Å²) in [6, 6.07) is 13.8. The normalized spacial score (nSPS) is 15.6. The molecule has 3 aromatic rings. The van der Waals surface area contributed by atoms with Gasteiger partial charge in [-0.05, 0) is 81.6 Å². The van der Waals surface area contributed by atoms with Gasteiger partial charge in [-0.25, -0.2) is 4.39 Å². The number of hydrogen-bond donors (Lipinski definition) is 2. The molecule has 4 rings (SSSR count). The van der Waals surface area contributed by atoms with Crippen LogP contribution in [0.4, 0.5) is 4.39 Å². The molecule has 1 fully saturated rings. The van der Waals surface area contributed by atoms with Crippen molar-refractivity contribution in [2.45, 2.75) is 38.1 Å². The molecule has 2 N–H and O–H groups in total. The van der Waals surface area contributed by atoms with Gasteiger partial charge in [0.05, 0.1) is 23.7 Å².